The number of hydrogen-bond acceptors (Lipinski definition) is 3. The Hall–Kier alpha value is -0.120. The smallest absolute Gasteiger partial charge is 0.0195 e. The summed E-state index contributed by atoms with van der Waals surface area (Å²) in [4.78, 5) is 5.09. The molecule has 2 fully saturated rings. The molecule has 1 saturated carbocycles. The van der Waals surface area contributed by atoms with Gasteiger partial charge in [0.25, 0.3) is 0 Å². The summed E-state index contributed by atoms with van der Waals surface area (Å²) < 4.78 is 0. The fraction of sp³-hybridized carbons (Fsp3) is 1.00. The quantitative estimate of drug-likeness (QED) is 0.731. The summed E-state index contributed by atoms with van der Waals surface area (Å²) in [6, 6.07) is 1.21. The van der Waals surface area contributed by atoms with E-state index in [1.54, 1.807) is 0 Å². The van der Waals surface area contributed by atoms with Gasteiger partial charge in [-0.05, 0) is 39.2 Å². The molecule has 1 heterocycles. The second-order valence-electron chi connectivity index (χ2n) is 5.55. The van der Waals surface area contributed by atoms with Crippen LogP contribution >= 0.6 is 0 Å². The molecule has 3 nitrogen and oxygen atoms in total. The van der Waals surface area contributed by atoms with Crippen LogP contribution < -0.4 is 5.73 Å². The third-order valence-electron chi connectivity index (χ3n) is 4.04. The number of rotatable bonds is 2. The van der Waals surface area contributed by atoms with Gasteiger partial charge in [0.15, 0.2) is 0 Å². The van der Waals surface area contributed by atoms with Crippen molar-refractivity contribution in [3.05, 3.63) is 0 Å². The first-order valence-corrected chi connectivity index (χ1v) is 6.33. The lowest BCUT2D eigenvalue weighted by molar-refractivity contribution is 0.0855. The number of nitrogens with zero attached hydrogens (tertiary/aromatic N) is 2. The molecule has 0 aromatic carbocycles. The predicted octanol–water partition coefficient (Wildman–Crippen LogP) is 0.750. The standard InChI is InChI=1S/C12H25N3/c1-10-8-14(2)5-6-15(10)9-11-3-4-12(13)7-11/h10-12H,3-9,13H2,1-2H3. The van der Waals surface area contributed by atoms with Gasteiger partial charge in [0.05, 0.1) is 0 Å². The highest BCUT2D eigenvalue weighted by atomic mass is 15.3. The average molecular weight is 211 g/mol. The Morgan fingerprint density at radius 1 is 1.27 bits per heavy atom. The minimum Gasteiger partial charge on any atom is -0.328 e. The Balaban J connectivity index is 1.79. The van der Waals surface area contributed by atoms with E-state index in [1.807, 2.05) is 0 Å². The molecule has 0 aromatic heterocycles. The van der Waals surface area contributed by atoms with Crippen molar-refractivity contribution in [3.8, 4) is 0 Å². The topological polar surface area (TPSA) is 32.5 Å². The molecule has 1 saturated heterocycles. The normalized spacial score (nSPS) is 39.8. The highest BCUT2D eigenvalue weighted by Gasteiger charge is 2.27. The molecule has 0 aromatic rings. The summed E-state index contributed by atoms with van der Waals surface area (Å²) in [6.07, 6.45) is 3.84. The van der Waals surface area contributed by atoms with E-state index in [2.05, 4.69) is 23.8 Å². The van der Waals surface area contributed by atoms with Crippen LogP contribution in [0.15, 0.2) is 0 Å². The van der Waals surface area contributed by atoms with Crippen LogP contribution in [0.1, 0.15) is 26.2 Å². The first-order valence-electron chi connectivity index (χ1n) is 6.33. The molecule has 0 spiro atoms. The minimum absolute atomic E-state index is 0.484. The monoisotopic (exact) mass is 211 g/mol. The Bertz CT molecular complexity index is 207. The van der Waals surface area contributed by atoms with E-state index >= 15 is 0 Å². The molecule has 3 unspecified atom stereocenters. The van der Waals surface area contributed by atoms with Crippen LogP contribution in [0, 0.1) is 5.92 Å². The van der Waals surface area contributed by atoms with E-state index in [4.69, 9.17) is 5.73 Å². The molecule has 1 aliphatic carbocycles. The van der Waals surface area contributed by atoms with Crippen LogP contribution in [-0.2, 0) is 0 Å². The van der Waals surface area contributed by atoms with Gasteiger partial charge >= 0.3 is 0 Å². The third-order valence-corrected chi connectivity index (χ3v) is 4.04. The molecule has 0 amide bonds. The van der Waals surface area contributed by atoms with Gasteiger partial charge in [-0.2, -0.15) is 0 Å². The summed E-state index contributed by atoms with van der Waals surface area (Å²) in [7, 11) is 2.22. The maximum absolute atomic E-state index is 5.96. The molecule has 88 valence electrons. The summed E-state index contributed by atoms with van der Waals surface area (Å²) in [6.45, 7) is 7.32. The molecule has 1 aliphatic heterocycles. The maximum Gasteiger partial charge on any atom is 0.0195 e. The van der Waals surface area contributed by atoms with Crippen molar-refractivity contribution >= 4 is 0 Å². The van der Waals surface area contributed by atoms with Crippen LogP contribution in [-0.4, -0.2) is 55.1 Å². The number of nitrogens with two attached hydrogens (primary N) is 1. The van der Waals surface area contributed by atoms with Crippen LogP contribution in [0.5, 0.6) is 0 Å². The second kappa shape index (κ2) is 4.81. The summed E-state index contributed by atoms with van der Waals surface area (Å²) in [5.41, 5.74) is 5.96. The zero-order chi connectivity index (χ0) is 10.8. The third kappa shape index (κ3) is 2.92. The van der Waals surface area contributed by atoms with Crippen molar-refractivity contribution in [1.82, 2.24) is 9.80 Å². The summed E-state index contributed by atoms with van der Waals surface area (Å²) in [5.74, 6) is 0.867. The first kappa shape index (κ1) is 11.4. The van der Waals surface area contributed by atoms with E-state index in [-0.39, 0.29) is 0 Å². The Morgan fingerprint density at radius 2 is 2.07 bits per heavy atom. The van der Waals surface area contributed by atoms with Crippen LogP contribution in [0.2, 0.25) is 0 Å². The molecule has 0 radical (unpaired) electrons. The van der Waals surface area contributed by atoms with E-state index in [0.717, 1.165) is 12.0 Å². The molecule has 2 aliphatic rings. The Morgan fingerprint density at radius 3 is 2.67 bits per heavy atom. The van der Waals surface area contributed by atoms with E-state index < -0.39 is 0 Å². The van der Waals surface area contributed by atoms with E-state index in [9.17, 15) is 0 Å². The molecule has 2 N–H and O–H groups in total. The zero-order valence-electron chi connectivity index (χ0n) is 10.2. The van der Waals surface area contributed by atoms with Crippen molar-refractivity contribution in [2.24, 2.45) is 11.7 Å². The van der Waals surface area contributed by atoms with Crippen LogP contribution in [0.4, 0.5) is 0 Å². The molecule has 15 heavy (non-hydrogen) atoms. The Labute approximate surface area is 93.6 Å². The van der Waals surface area contributed by atoms with Crippen molar-refractivity contribution in [3.63, 3.8) is 0 Å². The number of hydrogen-bond donors (Lipinski definition) is 1. The fourth-order valence-electron chi connectivity index (χ4n) is 3.06. The lowest BCUT2D eigenvalue weighted by Crippen LogP contribution is -2.51. The average Bonchev–Trinajstić information content (AvgIpc) is 2.56. The van der Waals surface area contributed by atoms with Gasteiger partial charge in [-0.1, -0.05) is 0 Å². The maximum atomic E-state index is 5.96. The highest BCUT2D eigenvalue weighted by Crippen LogP contribution is 2.26. The summed E-state index contributed by atoms with van der Waals surface area (Å²) >= 11 is 0. The molecular formula is C12H25N3. The fourth-order valence-corrected chi connectivity index (χ4v) is 3.06. The van der Waals surface area contributed by atoms with Crippen LogP contribution in [0.3, 0.4) is 0 Å². The van der Waals surface area contributed by atoms with Crippen molar-refractivity contribution in [1.29, 1.82) is 0 Å². The summed E-state index contributed by atoms with van der Waals surface area (Å²) in [5, 5.41) is 0. The largest absolute Gasteiger partial charge is 0.328 e. The molecule has 2 rings (SSSR count). The first-order chi connectivity index (χ1) is 7.15. The van der Waals surface area contributed by atoms with Crippen molar-refractivity contribution < 1.29 is 0 Å². The van der Waals surface area contributed by atoms with Crippen LogP contribution in [0.25, 0.3) is 0 Å². The van der Waals surface area contributed by atoms with Gasteiger partial charge in [-0.15, -0.1) is 0 Å². The van der Waals surface area contributed by atoms with Crippen molar-refractivity contribution in [2.75, 3.05) is 33.2 Å². The minimum atomic E-state index is 0.484. The second-order valence-corrected chi connectivity index (χ2v) is 5.55. The van der Waals surface area contributed by atoms with Gasteiger partial charge < -0.3 is 10.6 Å². The molecule has 3 atom stereocenters. The highest BCUT2D eigenvalue weighted by molar-refractivity contribution is 4.84. The lowest BCUT2D eigenvalue weighted by Gasteiger charge is -2.39. The molecule has 0 bridgehead atoms. The lowest BCUT2D eigenvalue weighted by atomic mass is 10.1. The van der Waals surface area contributed by atoms with Gasteiger partial charge in [0.2, 0.25) is 0 Å². The predicted molar refractivity (Wildman–Crippen MR) is 63.8 cm³/mol. The van der Waals surface area contributed by atoms with E-state index in [1.165, 1.54) is 45.4 Å². The Kier molecular flexibility index (Phi) is 3.65. The van der Waals surface area contributed by atoms with E-state index in [0.29, 0.717) is 6.04 Å². The zero-order valence-corrected chi connectivity index (χ0v) is 10.2. The van der Waals surface area contributed by atoms with Gasteiger partial charge in [0, 0.05) is 38.3 Å². The van der Waals surface area contributed by atoms with Gasteiger partial charge in [-0.25, -0.2) is 0 Å². The van der Waals surface area contributed by atoms with Gasteiger partial charge in [-0.3, -0.25) is 4.90 Å². The number of likely N-dealkylation sites (N-methyl/N-ethyl adjacent to an activating group) is 1. The SMILES string of the molecule is CC1CN(C)CCN1CC1CCC(N)C1. The molecule has 3 heteroatoms. The van der Waals surface area contributed by atoms with Gasteiger partial charge in [0.1, 0.15) is 0 Å². The molecular weight excluding hydrogens is 186 g/mol. The van der Waals surface area contributed by atoms with Crippen molar-refractivity contribution in [2.45, 2.75) is 38.3 Å². The number of piperazine rings is 1.